The molecule has 2 aromatic rings. The average Bonchev–Trinajstić information content (AvgIpc) is 2.85. The number of fused-ring (bicyclic) bond motifs is 1. The molecular formula is C15H18N4O. The Morgan fingerprint density at radius 3 is 2.95 bits per heavy atom. The van der Waals surface area contributed by atoms with Gasteiger partial charge in [-0.3, -0.25) is 5.32 Å². The van der Waals surface area contributed by atoms with E-state index in [4.69, 9.17) is 5.73 Å². The fourth-order valence-corrected chi connectivity index (χ4v) is 2.84. The normalized spacial score (nSPS) is 20.9. The minimum absolute atomic E-state index is 0.0618. The minimum atomic E-state index is -0.398. The monoisotopic (exact) mass is 270 g/mol. The van der Waals surface area contributed by atoms with E-state index in [1.165, 1.54) is 11.1 Å². The summed E-state index contributed by atoms with van der Waals surface area (Å²) < 4.78 is 0. The van der Waals surface area contributed by atoms with Gasteiger partial charge in [0.05, 0.1) is 18.7 Å². The maximum absolute atomic E-state index is 9.87. The zero-order valence-electron chi connectivity index (χ0n) is 11.2. The number of aliphatic hydroxyl groups excluding tert-OH is 1. The molecule has 3 rings (SSSR count). The molecule has 0 amide bonds. The molecule has 0 saturated carbocycles. The van der Waals surface area contributed by atoms with Crippen molar-refractivity contribution in [2.24, 2.45) is 0 Å². The molecule has 20 heavy (non-hydrogen) atoms. The summed E-state index contributed by atoms with van der Waals surface area (Å²) in [5.74, 6) is 1.10. The fourth-order valence-electron chi connectivity index (χ4n) is 2.84. The first-order valence-electron chi connectivity index (χ1n) is 6.75. The molecule has 1 aliphatic carbocycles. The van der Waals surface area contributed by atoms with E-state index < -0.39 is 5.54 Å². The highest BCUT2D eigenvalue weighted by atomic mass is 16.3. The number of anilines is 1. The van der Waals surface area contributed by atoms with Crippen LogP contribution in [0.3, 0.4) is 0 Å². The molecule has 1 aliphatic rings. The second-order valence-corrected chi connectivity index (χ2v) is 5.15. The summed E-state index contributed by atoms with van der Waals surface area (Å²) in [4.78, 5) is 8.36. The Labute approximate surface area is 117 Å². The maximum atomic E-state index is 9.87. The van der Waals surface area contributed by atoms with Crippen molar-refractivity contribution in [1.82, 2.24) is 15.3 Å². The largest absolute Gasteiger partial charge is 0.394 e. The molecule has 5 heteroatoms. The molecule has 1 aromatic carbocycles. The van der Waals surface area contributed by atoms with E-state index >= 15 is 0 Å². The van der Waals surface area contributed by atoms with Gasteiger partial charge in [-0.2, -0.15) is 0 Å². The van der Waals surface area contributed by atoms with E-state index in [1.807, 2.05) is 12.1 Å². The summed E-state index contributed by atoms with van der Waals surface area (Å²) in [7, 11) is 0. The predicted molar refractivity (Wildman–Crippen MR) is 76.8 cm³/mol. The van der Waals surface area contributed by atoms with Gasteiger partial charge in [-0.15, -0.1) is 0 Å². The number of nitrogens with two attached hydrogens (primary N) is 1. The first-order chi connectivity index (χ1) is 9.73. The van der Waals surface area contributed by atoms with Gasteiger partial charge in [0.25, 0.3) is 0 Å². The molecule has 1 aromatic heterocycles. The molecule has 1 atom stereocenters. The van der Waals surface area contributed by atoms with Crippen LogP contribution in [0.25, 0.3) is 0 Å². The van der Waals surface area contributed by atoms with Crippen molar-refractivity contribution >= 4 is 5.82 Å². The van der Waals surface area contributed by atoms with Crippen LogP contribution in [0, 0.1) is 0 Å². The lowest BCUT2D eigenvalue weighted by Gasteiger charge is -2.29. The highest BCUT2D eigenvalue weighted by molar-refractivity contribution is 5.39. The molecule has 0 bridgehead atoms. The summed E-state index contributed by atoms with van der Waals surface area (Å²) in [5, 5.41) is 13.3. The molecule has 1 heterocycles. The van der Waals surface area contributed by atoms with Crippen LogP contribution in [0.15, 0.2) is 36.5 Å². The number of aromatic nitrogens is 2. The third kappa shape index (κ3) is 2.26. The van der Waals surface area contributed by atoms with Gasteiger partial charge in [-0.25, -0.2) is 9.97 Å². The minimum Gasteiger partial charge on any atom is -0.394 e. The van der Waals surface area contributed by atoms with Crippen LogP contribution in [0.2, 0.25) is 0 Å². The van der Waals surface area contributed by atoms with E-state index in [-0.39, 0.29) is 6.61 Å². The summed E-state index contributed by atoms with van der Waals surface area (Å²) in [6.07, 6.45) is 3.50. The molecule has 104 valence electrons. The number of aliphatic hydroxyl groups is 1. The zero-order chi connectivity index (χ0) is 14.0. The Hall–Kier alpha value is -1.98. The second kappa shape index (κ2) is 5.19. The molecule has 0 saturated heterocycles. The Morgan fingerprint density at radius 1 is 1.30 bits per heavy atom. The lowest BCUT2D eigenvalue weighted by molar-refractivity contribution is 0.158. The van der Waals surface area contributed by atoms with Crippen molar-refractivity contribution in [3.63, 3.8) is 0 Å². The first-order valence-corrected chi connectivity index (χ1v) is 6.75. The van der Waals surface area contributed by atoms with Crippen molar-refractivity contribution < 1.29 is 5.11 Å². The predicted octanol–water partition coefficient (Wildman–Crippen LogP) is 0.982. The van der Waals surface area contributed by atoms with Gasteiger partial charge < -0.3 is 10.8 Å². The van der Waals surface area contributed by atoms with E-state index in [9.17, 15) is 5.11 Å². The standard InChI is InChI=1S/C15H18N4O/c16-13-6-8-17-14(19-13)9-18-15(10-20)7-5-11-3-1-2-4-12(11)15/h1-4,6,8,18,20H,5,7,9-10H2,(H2,16,17,19). The second-order valence-electron chi connectivity index (χ2n) is 5.15. The quantitative estimate of drug-likeness (QED) is 0.771. The number of hydrogen-bond donors (Lipinski definition) is 3. The van der Waals surface area contributed by atoms with Gasteiger partial charge in [-0.05, 0) is 30.0 Å². The average molecular weight is 270 g/mol. The lowest BCUT2D eigenvalue weighted by atomic mass is 9.92. The Bertz CT molecular complexity index is 616. The molecule has 0 spiro atoms. The summed E-state index contributed by atoms with van der Waals surface area (Å²) >= 11 is 0. The fraction of sp³-hybridized carbons (Fsp3) is 0.333. The van der Waals surface area contributed by atoms with E-state index in [2.05, 4.69) is 27.4 Å². The lowest BCUT2D eigenvalue weighted by Crippen LogP contribution is -2.43. The summed E-state index contributed by atoms with van der Waals surface area (Å²) in [5.41, 5.74) is 7.72. The van der Waals surface area contributed by atoms with Crippen LogP contribution >= 0.6 is 0 Å². The smallest absolute Gasteiger partial charge is 0.144 e. The topological polar surface area (TPSA) is 84.1 Å². The molecule has 4 N–H and O–H groups in total. The third-order valence-electron chi connectivity index (χ3n) is 3.94. The Kier molecular flexibility index (Phi) is 3.38. The van der Waals surface area contributed by atoms with E-state index in [0.29, 0.717) is 18.2 Å². The van der Waals surface area contributed by atoms with Crippen molar-refractivity contribution in [2.75, 3.05) is 12.3 Å². The highest BCUT2D eigenvalue weighted by Crippen LogP contribution is 2.36. The van der Waals surface area contributed by atoms with Gasteiger partial charge in [0, 0.05) is 6.20 Å². The molecule has 0 aliphatic heterocycles. The highest BCUT2D eigenvalue weighted by Gasteiger charge is 2.37. The van der Waals surface area contributed by atoms with Gasteiger partial charge >= 0.3 is 0 Å². The molecule has 1 unspecified atom stereocenters. The van der Waals surface area contributed by atoms with Crippen LogP contribution in [0.5, 0.6) is 0 Å². The van der Waals surface area contributed by atoms with Crippen molar-refractivity contribution in [2.45, 2.75) is 24.9 Å². The van der Waals surface area contributed by atoms with Gasteiger partial charge in [0.2, 0.25) is 0 Å². The first kappa shape index (κ1) is 13.0. The molecule has 0 radical (unpaired) electrons. The number of aryl methyl sites for hydroxylation is 1. The van der Waals surface area contributed by atoms with Gasteiger partial charge in [0.15, 0.2) is 0 Å². The summed E-state index contributed by atoms with van der Waals surface area (Å²) in [6.45, 7) is 0.548. The SMILES string of the molecule is Nc1ccnc(CNC2(CO)CCc3ccccc32)n1. The van der Waals surface area contributed by atoms with Crippen molar-refractivity contribution in [1.29, 1.82) is 0 Å². The number of nitrogens with zero attached hydrogens (tertiary/aromatic N) is 2. The Morgan fingerprint density at radius 2 is 2.15 bits per heavy atom. The third-order valence-corrected chi connectivity index (χ3v) is 3.94. The zero-order valence-corrected chi connectivity index (χ0v) is 11.2. The van der Waals surface area contributed by atoms with Crippen LogP contribution in [-0.2, 0) is 18.5 Å². The number of rotatable bonds is 4. The van der Waals surface area contributed by atoms with Crippen molar-refractivity contribution in [3.8, 4) is 0 Å². The molecule has 0 fully saturated rings. The van der Waals surface area contributed by atoms with E-state index in [1.54, 1.807) is 12.3 Å². The maximum Gasteiger partial charge on any atom is 0.144 e. The number of nitrogens with one attached hydrogen (secondary N) is 1. The van der Waals surface area contributed by atoms with Crippen LogP contribution in [0.4, 0.5) is 5.82 Å². The van der Waals surface area contributed by atoms with Crippen LogP contribution < -0.4 is 11.1 Å². The molecule has 5 nitrogen and oxygen atoms in total. The number of benzene rings is 1. The summed E-state index contributed by atoms with van der Waals surface area (Å²) in [6, 6.07) is 9.90. The van der Waals surface area contributed by atoms with Crippen LogP contribution in [-0.4, -0.2) is 21.7 Å². The molecular weight excluding hydrogens is 252 g/mol. The van der Waals surface area contributed by atoms with Crippen LogP contribution in [0.1, 0.15) is 23.4 Å². The number of nitrogen functional groups attached to an aromatic ring is 1. The van der Waals surface area contributed by atoms with E-state index in [0.717, 1.165) is 12.8 Å². The number of hydrogen-bond acceptors (Lipinski definition) is 5. The van der Waals surface area contributed by atoms with Gasteiger partial charge in [-0.1, -0.05) is 24.3 Å². The van der Waals surface area contributed by atoms with Gasteiger partial charge in [0.1, 0.15) is 11.6 Å². The van der Waals surface area contributed by atoms with Crippen molar-refractivity contribution in [3.05, 3.63) is 53.5 Å². The Balaban J connectivity index is 1.82.